The van der Waals surface area contributed by atoms with Crippen molar-refractivity contribution in [1.82, 2.24) is 24.8 Å². The summed E-state index contributed by atoms with van der Waals surface area (Å²) in [5.74, 6) is 2.21. The lowest BCUT2D eigenvalue weighted by Gasteiger charge is -2.46. The number of imidazole rings is 1. The second-order valence-corrected chi connectivity index (χ2v) is 13.4. The minimum absolute atomic E-state index is 0.0899. The number of H-pyrrole nitrogens is 1. The Balaban J connectivity index is 1.19. The van der Waals surface area contributed by atoms with Crippen LogP contribution in [-0.4, -0.2) is 89.8 Å². The summed E-state index contributed by atoms with van der Waals surface area (Å²) in [5.41, 5.74) is 9.97. The van der Waals surface area contributed by atoms with Crippen LogP contribution in [0.5, 0.6) is 0 Å². The quantitative estimate of drug-likeness (QED) is 0.102. The molecule has 1 saturated carbocycles. The Morgan fingerprint density at radius 1 is 1.19 bits per heavy atom. The molecule has 3 aromatic rings. The lowest BCUT2D eigenvalue weighted by Crippen LogP contribution is -2.52. The van der Waals surface area contributed by atoms with Crippen LogP contribution in [-0.2, 0) is 16.6 Å². The van der Waals surface area contributed by atoms with Crippen molar-refractivity contribution >= 4 is 29.0 Å². The van der Waals surface area contributed by atoms with Gasteiger partial charge in [0, 0.05) is 30.6 Å². The molecule has 0 spiro atoms. The molecule has 3 heterocycles. The van der Waals surface area contributed by atoms with Gasteiger partial charge in [-0.1, -0.05) is 32.0 Å². The van der Waals surface area contributed by atoms with Crippen LogP contribution in [0.15, 0.2) is 29.7 Å². The first-order chi connectivity index (χ1) is 20.4. The normalized spacial score (nSPS) is 26.2. The lowest BCUT2D eigenvalue weighted by atomic mass is 9.76. The predicted octanol–water partition coefficient (Wildman–Crippen LogP) is 3.33. The van der Waals surface area contributed by atoms with Gasteiger partial charge in [-0.3, -0.25) is 9.80 Å². The maximum absolute atomic E-state index is 11.0. The van der Waals surface area contributed by atoms with Crippen LogP contribution in [0.3, 0.4) is 0 Å². The number of ether oxygens (including phenoxy) is 1. The van der Waals surface area contributed by atoms with Crippen molar-refractivity contribution in [2.24, 2.45) is 11.1 Å². The van der Waals surface area contributed by atoms with E-state index < -0.39 is 24.5 Å². The van der Waals surface area contributed by atoms with Gasteiger partial charge in [-0.15, -0.1) is 0 Å². The van der Waals surface area contributed by atoms with Crippen LogP contribution in [0.4, 0.5) is 11.6 Å². The van der Waals surface area contributed by atoms with Crippen LogP contribution >= 0.6 is 0 Å². The molecule has 4 atom stereocenters. The lowest BCUT2D eigenvalue weighted by molar-refractivity contribution is -0.0412. The first-order valence-electron chi connectivity index (χ1n) is 15.2. The highest BCUT2D eigenvalue weighted by atomic mass is 16.6. The molecular weight excluding hydrogens is 548 g/mol. The smallest absolute Gasteiger partial charge is 0.165 e. The maximum Gasteiger partial charge on any atom is 0.165 e. The number of aryl methyl sites for hydroxylation is 1. The second kappa shape index (κ2) is 12.4. The van der Waals surface area contributed by atoms with E-state index in [-0.39, 0.29) is 17.3 Å². The second-order valence-electron chi connectivity index (χ2n) is 13.4. The third-order valence-electron chi connectivity index (χ3n) is 9.05. The molecule has 234 valence electrons. The summed E-state index contributed by atoms with van der Waals surface area (Å²) in [7, 11) is 0. The third-order valence-corrected chi connectivity index (χ3v) is 9.05. The van der Waals surface area contributed by atoms with Crippen molar-refractivity contribution in [3.05, 3.63) is 41.5 Å². The van der Waals surface area contributed by atoms with E-state index in [1.807, 2.05) is 0 Å². The van der Waals surface area contributed by atoms with E-state index in [0.29, 0.717) is 29.9 Å². The summed E-state index contributed by atoms with van der Waals surface area (Å²) in [5, 5.41) is 34.4. The molecule has 6 N–H and O–H groups in total. The van der Waals surface area contributed by atoms with E-state index >= 15 is 0 Å². The average molecular weight is 595 g/mol. The maximum atomic E-state index is 11.0. The number of hydrogen-bond acceptors (Lipinski definition) is 10. The van der Waals surface area contributed by atoms with Gasteiger partial charge in [0.15, 0.2) is 6.23 Å². The topological polar surface area (TPSA) is 169 Å². The molecule has 1 aliphatic carbocycles. The summed E-state index contributed by atoms with van der Waals surface area (Å²) < 4.78 is 6.21. The molecule has 2 aromatic heterocycles. The first kappa shape index (κ1) is 31.1. The molecule has 5 rings (SSSR count). The van der Waals surface area contributed by atoms with Gasteiger partial charge in [-0.25, -0.2) is 15.0 Å². The number of rotatable bonds is 10. The molecule has 0 unspecified atom stereocenters. The number of fused-ring (bicyclic) bond motifs is 1. The Labute approximate surface area is 253 Å². The fourth-order valence-corrected chi connectivity index (χ4v) is 6.30. The number of aromatic nitrogens is 4. The number of nitrogen functional groups attached to an aromatic ring is 1. The van der Waals surface area contributed by atoms with Crippen LogP contribution in [0.25, 0.3) is 11.0 Å². The molecule has 2 fully saturated rings. The van der Waals surface area contributed by atoms with Gasteiger partial charge in [0.2, 0.25) is 0 Å². The predicted molar refractivity (Wildman–Crippen MR) is 166 cm³/mol. The Morgan fingerprint density at radius 3 is 2.60 bits per heavy atom. The van der Waals surface area contributed by atoms with Crippen LogP contribution in [0.2, 0.25) is 0 Å². The number of anilines is 2. The Kier molecular flexibility index (Phi) is 8.94. The molecule has 43 heavy (non-hydrogen) atoms. The fraction of sp³-hybridized carbons (Fsp3) is 0.613. The van der Waals surface area contributed by atoms with Crippen LogP contribution in [0, 0.1) is 12.8 Å². The molecule has 12 nitrogen and oxygen atoms in total. The molecule has 0 radical (unpaired) electrons. The van der Waals surface area contributed by atoms with Crippen LogP contribution in [0.1, 0.15) is 70.8 Å². The van der Waals surface area contributed by atoms with Gasteiger partial charge < -0.3 is 30.9 Å². The summed E-state index contributed by atoms with van der Waals surface area (Å²) >= 11 is 0. The van der Waals surface area contributed by atoms with E-state index in [0.717, 1.165) is 48.9 Å². The molecule has 1 saturated heterocycles. The number of aromatic amines is 1. The van der Waals surface area contributed by atoms with E-state index in [4.69, 9.17) is 15.5 Å². The highest BCUT2D eigenvalue weighted by molar-refractivity contribution is 5.80. The number of aliphatic hydroxyl groups is 2. The fourth-order valence-electron chi connectivity index (χ4n) is 6.30. The van der Waals surface area contributed by atoms with Crippen LogP contribution < -0.4 is 10.6 Å². The monoisotopic (exact) mass is 594 g/mol. The van der Waals surface area contributed by atoms with Crippen molar-refractivity contribution in [2.75, 3.05) is 17.2 Å². The summed E-state index contributed by atoms with van der Waals surface area (Å²) in [6, 6.07) is 7.09. The Hall–Kier alpha value is -3.32. The minimum Gasteiger partial charge on any atom is -0.410 e. The van der Waals surface area contributed by atoms with Crippen molar-refractivity contribution in [3.8, 4) is 0 Å². The number of nitrogens with one attached hydrogen (secondary N) is 1. The van der Waals surface area contributed by atoms with E-state index in [9.17, 15) is 15.4 Å². The van der Waals surface area contributed by atoms with E-state index in [1.54, 1.807) is 6.92 Å². The first-order valence-corrected chi connectivity index (χ1v) is 15.2. The number of aliphatic hydroxyl groups excluding tert-OH is 2. The number of oxime groups is 1. The zero-order valence-electron chi connectivity index (χ0n) is 26.0. The average Bonchev–Trinajstić information content (AvgIpc) is 3.46. The highest BCUT2D eigenvalue weighted by Crippen LogP contribution is 2.38. The number of nitrogens with two attached hydrogens (primary N) is 1. The summed E-state index contributed by atoms with van der Waals surface area (Å²) in [6.45, 7) is 13.1. The number of hydrogen-bond donors (Lipinski definition) is 5. The Morgan fingerprint density at radius 2 is 1.93 bits per heavy atom. The van der Waals surface area contributed by atoms with Gasteiger partial charge in [0.25, 0.3) is 0 Å². The number of nitrogens with zero attached hydrogens (tertiary/aromatic N) is 6. The van der Waals surface area contributed by atoms with Crippen molar-refractivity contribution in [1.29, 1.82) is 0 Å². The van der Waals surface area contributed by atoms with Gasteiger partial charge in [0.1, 0.15) is 48.4 Å². The zero-order chi connectivity index (χ0) is 31.1. The van der Waals surface area contributed by atoms with Crippen molar-refractivity contribution < 1.29 is 20.2 Å². The van der Waals surface area contributed by atoms with Gasteiger partial charge in [-0.2, -0.15) is 0 Å². The summed E-state index contributed by atoms with van der Waals surface area (Å²) in [6.07, 6.45) is 2.41. The molecule has 2 aliphatic rings. The van der Waals surface area contributed by atoms with Gasteiger partial charge >= 0.3 is 0 Å². The summed E-state index contributed by atoms with van der Waals surface area (Å²) in [4.78, 5) is 20.3. The molecule has 0 amide bonds. The largest absolute Gasteiger partial charge is 0.410 e. The van der Waals surface area contributed by atoms with Crippen molar-refractivity contribution in [2.45, 2.75) is 109 Å². The SMILES string of the molecule is Cc1c(N)ncnc1N(/C=N/O)[C@@H]1O[C@H](CN(C(C)C)[C@H]2C[C@H](CCc3nc4cc(C(C)(C)C)ccc4[nH]3)C2)[C@@H](O)[C@H]1O. The molecule has 1 aromatic carbocycles. The van der Waals surface area contributed by atoms with E-state index in [2.05, 4.69) is 77.8 Å². The molecular formula is C31H46N8O4. The molecule has 1 aliphatic heterocycles. The third kappa shape index (κ3) is 6.47. The minimum atomic E-state index is -1.26. The zero-order valence-corrected chi connectivity index (χ0v) is 26.0. The van der Waals surface area contributed by atoms with Gasteiger partial charge in [0.05, 0.1) is 11.0 Å². The Bertz CT molecular complexity index is 1430. The van der Waals surface area contributed by atoms with Crippen molar-refractivity contribution in [3.63, 3.8) is 0 Å². The molecule has 12 heteroatoms. The van der Waals surface area contributed by atoms with E-state index in [1.165, 1.54) is 16.8 Å². The number of benzene rings is 1. The standard InChI is InChI=1S/C31H46N8O4/c1-17(2)38(14-24-26(40)27(41)30(43-24)39(16-35-42)29-18(3)28(32)33-15-34-29)21-11-19(12-21)7-10-25-36-22-9-8-20(31(4,5)6)13-23(22)37-25/h8-9,13,15-17,19,21,24,26-27,30,40-42H,7,10-12,14H2,1-6H3,(H,36,37)(H2,32,33,34)/b35-16+/t19-,21-,24-,26-,27-,30-/m1/s1. The van der Waals surface area contributed by atoms with Gasteiger partial charge in [-0.05, 0) is 69.1 Å². The highest BCUT2D eigenvalue weighted by Gasteiger charge is 2.48. The molecule has 0 bridgehead atoms.